The van der Waals surface area contributed by atoms with Gasteiger partial charge in [-0.05, 0) is 19.1 Å². The van der Waals surface area contributed by atoms with E-state index in [0.717, 1.165) is 0 Å². The number of thiol groups is 1. The second-order valence-corrected chi connectivity index (χ2v) is 2.18. The highest BCUT2D eigenvalue weighted by molar-refractivity contribution is 7.85. The maximum absolute atomic E-state index is 5.42. The zero-order valence-electron chi connectivity index (χ0n) is 4.52. The van der Waals surface area contributed by atoms with Gasteiger partial charge < -0.3 is 5.73 Å². The van der Waals surface area contributed by atoms with E-state index in [4.69, 9.17) is 5.73 Å². The van der Waals surface area contributed by atoms with Crippen LogP contribution in [0.5, 0.6) is 0 Å². The largest absolute Gasteiger partial charge is 0.316 e. The third-order valence-electron chi connectivity index (χ3n) is 0.378. The second kappa shape index (κ2) is 2.25. The number of hydrogen-bond acceptors (Lipinski definition) is 2. The second-order valence-electron chi connectivity index (χ2n) is 1.96. The van der Waals surface area contributed by atoms with Gasteiger partial charge in [0.05, 0.1) is 5.54 Å². The Morgan fingerprint density at radius 1 is 1.57 bits per heavy atom. The zero-order valence-corrected chi connectivity index (χ0v) is 5.42. The molecule has 0 aliphatic heterocycles. The maximum Gasteiger partial charge on any atom is 0.0727 e. The molecule has 0 aliphatic carbocycles. The molecule has 0 saturated carbocycles. The van der Waals surface area contributed by atoms with E-state index in [9.17, 15) is 0 Å². The third kappa shape index (κ3) is 5.87. The summed E-state index contributed by atoms with van der Waals surface area (Å²) in [4.78, 5) is 0. The van der Waals surface area contributed by atoms with Gasteiger partial charge in [-0.3, -0.25) is 0 Å². The molecular weight excluding hydrogens is 106 g/mol. The summed E-state index contributed by atoms with van der Waals surface area (Å²) in [5.41, 5.74) is 5.04. The van der Waals surface area contributed by atoms with Crippen LogP contribution >= 0.6 is 12.6 Å². The van der Waals surface area contributed by atoms with E-state index >= 15 is 0 Å². The summed E-state index contributed by atoms with van der Waals surface area (Å²) in [6.45, 7) is 3.66. The molecule has 7 heavy (non-hydrogen) atoms. The Morgan fingerprint density at radius 3 is 2.00 bits per heavy atom. The highest BCUT2D eigenvalue weighted by Crippen LogP contribution is 1.90. The van der Waals surface area contributed by atoms with Crippen LogP contribution in [-0.4, -0.2) is 5.54 Å². The van der Waals surface area contributed by atoms with Crippen molar-refractivity contribution in [3.63, 3.8) is 0 Å². The van der Waals surface area contributed by atoms with E-state index in [1.165, 1.54) is 0 Å². The third-order valence-corrected chi connectivity index (χ3v) is 0.490. The first-order chi connectivity index (χ1) is 3.06. The van der Waals surface area contributed by atoms with E-state index in [0.29, 0.717) is 0 Å². The van der Waals surface area contributed by atoms with Crippen LogP contribution in [-0.2, 0) is 0 Å². The molecule has 0 aromatic heterocycles. The van der Waals surface area contributed by atoms with E-state index in [1.54, 1.807) is 0 Å². The van der Waals surface area contributed by atoms with Crippen LogP contribution in [0.1, 0.15) is 13.8 Å². The molecule has 0 spiro atoms. The first-order valence-electron chi connectivity index (χ1n) is 2.01. The lowest BCUT2D eigenvalue weighted by atomic mass is 10.1. The molecule has 2 heteroatoms. The molecule has 0 radical (unpaired) electrons. The molecule has 0 aromatic rings. The standard InChI is InChI=1S/C5H9NS/c1-5(2,6)3-4-7/h7H,6H2,1-2H3. The Labute approximate surface area is 49.7 Å². The van der Waals surface area contributed by atoms with Crippen LogP contribution in [0.15, 0.2) is 0 Å². The zero-order chi connectivity index (χ0) is 5.91. The number of nitrogens with two attached hydrogens (primary N) is 1. The van der Waals surface area contributed by atoms with Gasteiger partial charge in [0, 0.05) is 0 Å². The summed E-state index contributed by atoms with van der Waals surface area (Å²) in [7, 11) is 0. The van der Waals surface area contributed by atoms with Crippen LogP contribution in [0.2, 0.25) is 0 Å². The molecule has 0 saturated heterocycles. The SMILES string of the molecule is CC(C)(N)C#CS. The van der Waals surface area contributed by atoms with Crippen molar-refractivity contribution >= 4 is 12.6 Å². The first-order valence-corrected chi connectivity index (χ1v) is 2.46. The van der Waals surface area contributed by atoms with Crippen molar-refractivity contribution in [2.45, 2.75) is 19.4 Å². The minimum absolute atomic E-state index is 0.387. The van der Waals surface area contributed by atoms with E-state index in [1.807, 2.05) is 13.8 Å². The van der Waals surface area contributed by atoms with Gasteiger partial charge in [0.15, 0.2) is 0 Å². The molecule has 0 amide bonds. The molecular formula is C5H9NS. The molecule has 0 aliphatic rings. The van der Waals surface area contributed by atoms with Crippen molar-refractivity contribution in [3.8, 4) is 11.2 Å². The van der Waals surface area contributed by atoms with Crippen LogP contribution in [0.3, 0.4) is 0 Å². The van der Waals surface area contributed by atoms with Gasteiger partial charge in [-0.2, -0.15) is 0 Å². The summed E-state index contributed by atoms with van der Waals surface area (Å²) in [6, 6.07) is 0. The van der Waals surface area contributed by atoms with Crippen molar-refractivity contribution in [1.82, 2.24) is 0 Å². The highest BCUT2D eigenvalue weighted by atomic mass is 32.1. The molecule has 1 nitrogen and oxygen atoms in total. The Morgan fingerprint density at radius 2 is 2.00 bits per heavy atom. The van der Waals surface area contributed by atoms with E-state index in [-0.39, 0.29) is 5.54 Å². The summed E-state index contributed by atoms with van der Waals surface area (Å²) in [5, 5.41) is 2.43. The van der Waals surface area contributed by atoms with Crippen LogP contribution in [0.4, 0.5) is 0 Å². The smallest absolute Gasteiger partial charge is 0.0727 e. The van der Waals surface area contributed by atoms with Gasteiger partial charge >= 0.3 is 0 Å². The van der Waals surface area contributed by atoms with Gasteiger partial charge in [0.2, 0.25) is 0 Å². The summed E-state index contributed by atoms with van der Waals surface area (Å²) in [5.74, 6) is 2.68. The van der Waals surface area contributed by atoms with E-state index in [2.05, 4.69) is 23.8 Å². The van der Waals surface area contributed by atoms with Crippen molar-refractivity contribution in [2.24, 2.45) is 5.73 Å². The Balaban J connectivity index is 3.72. The fourth-order valence-electron chi connectivity index (χ4n) is 0.144. The maximum atomic E-state index is 5.42. The fourth-order valence-corrected chi connectivity index (χ4v) is 0.432. The van der Waals surface area contributed by atoms with Crippen molar-refractivity contribution in [2.75, 3.05) is 0 Å². The van der Waals surface area contributed by atoms with Gasteiger partial charge in [0.25, 0.3) is 0 Å². The number of hydrogen-bond donors (Lipinski definition) is 2. The molecule has 0 aromatic carbocycles. The minimum atomic E-state index is -0.387. The molecule has 0 rings (SSSR count). The van der Waals surface area contributed by atoms with Gasteiger partial charge in [-0.25, -0.2) is 0 Å². The Hall–Kier alpha value is -0.130. The first kappa shape index (κ1) is 6.87. The van der Waals surface area contributed by atoms with Crippen LogP contribution in [0, 0.1) is 11.2 Å². The predicted octanol–water partition coefficient (Wildman–Crippen LogP) is 0.614. The van der Waals surface area contributed by atoms with Gasteiger partial charge in [-0.15, -0.1) is 0 Å². The summed E-state index contributed by atoms with van der Waals surface area (Å²) in [6.07, 6.45) is 0. The predicted molar refractivity (Wildman–Crippen MR) is 35.0 cm³/mol. The highest BCUT2D eigenvalue weighted by Gasteiger charge is 2.02. The van der Waals surface area contributed by atoms with Gasteiger partial charge in [0.1, 0.15) is 0 Å². The topological polar surface area (TPSA) is 26.0 Å². The van der Waals surface area contributed by atoms with Crippen molar-refractivity contribution in [3.05, 3.63) is 0 Å². The molecule has 0 bridgehead atoms. The lowest BCUT2D eigenvalue weighted by Crippen LogP contribution is -2.29. The van der Waals surface area contributed by atoms with Crippen LogP contribution in [0.25, 0.3) is 0 Å². The summed E-state index contributed by atoms with van der Waals surface area (Å²) < 4.78 is 0. The molecule has 0 heterocycles. The molecule has 0 unspecified atom stereocenters. The molecule has 0 atom stereocenters. The van der Waals surface area contributed by atoms with E-state index < -0.39 is 0 Å². The average Bonchev–Trinajstić information content (AvgIpc) is 1.30. The molecule has 40 valence electrons. The normalized spacial score (nSPS) is 9.71. The minimum Gasteiger partial charge on any atom is -0.316 e. The fraction of sp³-hybridized carbons (Fsp3) is 0.600. The lowest BCUT2D eigenvalue weighted by Gasteiger charge is -2.06. The average molecular weight is 115 g/mol. The monoisotopic (exact) mass is 115 g/mol. The molecule has 2 N–H and O–H groups in total. The lowest BCUT2D eigenvalue weighted by molar-refractivity contribution is 0.681. The summed E-state index contributed by atoms with van der Waals surface area (Å²) >= 11 is 3.67. The number of rotatable bonds is 0. The quantitative estimate of drug-likeness (QED) is 0.351. The Bertz CT molecular complexity index is 101. The van der Waals surface area contributed by atoms with Crippen molar-refractivity contribution in [1.29, 1.82) is 0 Å². The van der Waals surface area contributed by atoms with Gasteiger partial charge in [-0.1, -0.05) is 18.5 Å². The van der Waals surface area contributed by atoms with Crippen molar-refractivity contribution < 1.29 is 0 Å². The Kier molecular flexibility index (Phi) is 2.21. The van der Waals surface area contributed by atoms with Crippen LogP contribution < -0.4 is 5.73 Å². The molecule has 0 fully saturated rings.